The van der Waals surface area contributed by atoms with Gasteiger partial charge in [0.1, 0.15) is 12.4 Å². The number of amides is 1. The van der Waals surface area contributed by atoms with Gasteiger partial charge in [0.25, 0.3) is 12.3 Å². The molecule has 20 heavy (non-hydrogen) atoms. The Morgan fingerprint density at radius 2 is 2.25 bits per heavy atom. The number of carbonyl (C=O) groups excluding carboxylic acids is 1. The van der Waals surface area contributed by atoms with Crippen LogP contribution in [0.1, 0.15) is 29.4 Å². The second-order valence-corrected chi connectivity index (χ2v) is 4.24. The van der Waals surface area contributed by atoms with Crippen LogP contribution >= 0.6 is 0 Å². The van der Waals surface area contributed by atoms with E-state index in [1.54, 1.807) is 6.07 Å². The lowest BCUT2D eigenvalue weighted by molar-refractivity contribution is 0.0188. The van der Waals surface area contributed by atoms with Crippen molar-refractivity contribution >= 4 is 11.7 Å². The van der Waals surface area contributed by atoms with E-state index in [-0.39, 0.29) is 24.9 Å². The number of ether oxygens (including phenoxy) is 1. The molecule has 5 nitrogen and oxygen atoms in total. The quantitative estimate of drug-likeness (QED) is 0.712. The van der Waals surface area contributed by atoms with Crippen LogP contribution in [-0.2, 0) is 11.2 Å². The molecule has 1 amide bonds. The smallest absolute Gasteiger partial charge is 0.261 e. The van der Waals surface area contributed by atoms with Crippen molar-refractivity contribution in [1.82, 2.24) is 10.3 Å². The third kappa shape index (κ3) is 5.92. The van der Waals surface area contributed by atoms with Crippen LogP contribution in [0.15, 0.2) is 12.1 Å². The number of nitrogens with two attached hydrogens (primary N) is 1. The van der Waals surface area contributed by atoms with E-state index in [0.29, 0.717) is 5.56 Å². The van der Waals surface area contributed by atoms with Crippen LogP contribution in [0.25, 0.3) is 0 Å². The fourth-order valence-electron chi connectivity index (χ4n) is 1.64. The summed E-state index contributed by atoms with van der Waals surface area (Å²) in [4.78, 5) is 16.0. The minimum absolute atomic E-state index is 0.0401. The van der Waals surface area contributed by atoms with Crippen molar-refractivity contribution in [2.45, 2.75) is 26.2 Å². The van der Waals surface area contributed by atoms with Gasteiger partial charge >= 0.3 is 0 Å². The van der Waals surface area contributed by atoms with E-state index in [1.807, 2.05) is 6.92 Å². The number of alkyl halides is 2. The molecule has 0 unspecified atom stereocenters. The highest BCUT2D eigenvalue weighted by atomic mass is 19.3. The zero-order valence-electron chi connectivity index (χ0n) is 11.4. The number of aromatic nitrogens is 1. The van der Waals surface area contributed by atoms with E-state index in [1.165, 1.54) is 6.07 Å². The Hall–Kier alpha value is -1.76. The summed E-state index contributed by atoms with van der Waals surface area (Å²) >= 11 is 0. The highest BCUT2D eigenvalue weighted by Gasteiger charge is 2.08. The molecule has 0 saturated carbocycles. The van der Waals surface area contributed by atoms with E-state index in [9.17, 15) is 13.6 Å². The van der Waals surface area contributed by atoms with Gasteiger partial charge < -0.3 is 15.8 Å². The van der Waals surface area contributed by atoms with Gasteiger partial charge in [0.05, 0.1) is 6.61 Å². The fourth-order valence-corrected chi connectivity index (χ4v) is 1.64. The molecule has 0 atom stereocenters. The molecule has 1 aromatic rings. The Morgan fingerprint density at radius 3 is 2.90 bits per heavy atom. The van der Waals surface area contributed by atoms with E-state index in [4.69, 9.17) is 5.73 Å². The van der Waals surface area contributed by atoms with E-state index >= 15 is 0 Å². The molecule has 0 aromatic carbocycles. The first-order chi connectivity index (χ1) is 9.52. The molecule has 0 aliphatic carbocycles. The highest BCUT2D eigenvalue weighted by molar-refractivity contribution is 5.94. The van der Waals surface area contributed by atoms with Crippen LogP contribution in [-0.4, -0.2) is 37.1 Å². The molecule has 0 saturated heterocycles. The first kappa shape index (κ1) is 16.3. The average Bonchev–Trinajstić information content (AvgIpc) is 2.37. The van der Waals surface area contributed by atoms with Crippen molar-refractivity contribution in [3.63, 3.8) is 0 Å². The molecule has 112 valence electrons. The third-order valence-electron chi connectivity index (χ3n) is 2.44. The predicted molar refractivity (Wildman–Crippen MR) is 71.8 cm³/mol. The lowest BCUT2D eigenvalue weighted by atomic mass is 10.1. The number of nitrogens with one attached hydrogen (secondary N) is 1. The van der Waals surface area contributed by atoms with Crippen LogP contribution < -0.4 is 11.1 Å². The Bertz CT molecular complexity index is 442. The number of pyridine rings is 1. The molecule has 1 heterocycles. The van der Waals surface area contributed by atoms with Crippen molar-refractivity contribution in [3.8, 4) is 0 Å². The fraction of sp³-hybridized carbons (Fsp3) is 0.538. The molecule has 0 fully saturated rings. The zero-order valence-corrected chi connectivity index (χ0v) is 11.4. The first-order valence-electron chi connectivity index (χ1n) is 6.43. The summed E-state index contributed by atoms with van der Waals surface area (Å²) in [6.07, 6.45) is -0.857. The molecule has 0 aliphatic heterocycles. The van der Waals surface area contributed by atoms with Crippen LogP contribution in [0.2, 0.25) is 0 Å². The Morgan fingerprint density at radius 1 is 1.50 bits per heavy atom. The number of carbonyl (C=O) groups is 1. The number of halogens is 2. The summed E-state index contributed by atoms with van der Waals surface area (Å²) < 4.78 is 28.3. The number of aryl methyl sites for hydroxylation is 1. The van der Waals surface area contributed by atoms with Gasteiger partial charge in [-0.1, -0.05) is 13.3 Å². The zero-order chi connectivity index (χ0) is 15.0. The van der Waals surface area contributed by atoms with E-state index in [0.717, 1.165) is 18.5 Å². The minimum atomic E-state index is -2.50. The molecule has 0 aliphatic rings. The van der Waals surface area contributed by atoms with Crippen molar-refractivity contribution < 1.29 is 18.3 Å². The number of hydrogen-bond acceptors (Lipinski definition) is 4. The lowest BCUT2D eigenvalue weighted by Crippen LogP contribution is -2.28. The van der Waals surface area contributed by atoms with Gasteiger partial charge in [-0.2, -0.15) is 0 Å². The molecule has 3 N–H and O–H groups in total. The largest absolute Gasteiger partial charge is 0.384 e. The van der Waals surface area contributed by atoms with Crippen LogP contribution in [0, 0.1) is 0 Å². The number of anilines is 1. The third-order valence-corrected chi connectivity index (χ3v) is 2.44. The molecule has 0 radical (unpaired) electrons. The highest BCUT2D eigenvalue weighted by Crippen LogP contribution is 2.09. The van der Waals surface area contributed by atoms with Gasteiger partial charge in [-0.3, -0.25) is 4.79 Å². The number of rotatable bonds is 8. The standard InChI is InChI=1S/C13H19F2N3O2/c1-2-3-10-6-9(7-12(16)18-10)13(19)17-4-5-20-8-11(14)15/h6-7,11H,2-5,8H2,1H3,(H2,16,18)(H,17,19). The van der Waals surface area contributed by atoms with Gasteiger partial charge in [-0.15, -0.1) is 0 Å². The number of nitrogen functional groups attached to an aromatic ring is 1. The summed E-state index contributed by atoms with van der Waals surface area (Å²) in [7, 11) is 0. The maximum atomic E-state index is 11.9. The van der Waals surface area contributed by atoms with E-state index < -0.39 is 13.0 Å². The molecule has 0 spiro atoms. The predicted octanol–water partition coefficient (Wildman–Crippen LogP) is 1.63. The van der Waals surface area contributed by atoms with Crippen LogP contribution in [0.3, 0.4) is 0 Å². The number of hydrogen-bond donors (Lipinski definition) is 2. The number of nitrogens with zero attached hydrogens (tertiary/aromatic N) is 1. The molecule has 1 rings (SSSR count). The molecule has 7 heteroatoms. The van der Waals surface area contributed by atoms with Crippen molar-refractivity contribution in [2.24, 2.45) is 0 Å². The maximum Gasteiger partial charge on any atom is 0.261 e. The van der Waals surface area contributed by atoms with Crippen molar-refractivity contribution in [1.29, 1.82) is 0 Å². The van der Waals surface area contributed by atoms with E-state index in [2.05, 4.69) is 15.0 Å². The van der Waals surface area contributed by atoms with Crippen molar-refractivity contribution in [2.75, 3.05) is 25.5 Å². The topological polar surface area (TPSA) is 77.2 Å². The normalized spacial score (nSPS) is 10.8. The lowest BCUT2D eigenvalue weighted by Gasteiger charge is -2.08. The molecule has 1 aromatic heterocycles. The summed E-state index contributed by atoms with van der Waals surface area (Å²) in [6.45, 7) is 1.58. The SMILES string of the molecule is CCCc1cc(C(=O)NCCOCC(F)F)cc(N)n1. The average molecular weight is 287 g/mol. The summed E-state index contributed by atoms with van der Waals surface area (Å²) in [5.74, 6) is -0.0350. The molecular weight excluding hydrogens is 268 g/mol. The Kier molecular flexibility index (Phi) is 6.86. The van der Waals surface area contributed by atoms with Crippen molar-refractivity contribution in [3.05, 3.63) is 23.4 Å². The second-order valence-electron chi connectivity index (χ2n) is 4.24. The Balaban J connectivity index is 2.46. The monoisotopic (exact) mass is 287 g/mol. The van der Waals surface area contributed by atoms with Gasteiger partial charge in [0.15, 0.2) is 0 Å². The van der Waals surface area contributed by atoms with Crippen LogP contribution in [0.4, 0.5) is 14.6 Å². The summed E-state index contributed by atoms with van der Waals surface area (Å²) in [5.41, 5.74) is 6.81. The summed E-state index contributed by atoms with van der Waals surface area (Å²) in [5, 5.41) is 2.58. The Labute approximate surface area is 116 Å². The van der Waals surface area contributed by atoms with Gasteiger partial charge in [0, 0.05) is 17.8 Å². The second kappa shape index (κ2) is 8.42. The minimum Gasteiger partial charge on any atom is -0.384 e. The van der Waals surface area contributed by atoms with Gasteiger partial charge in [-0.05, 0) is 18.6 Å². The first-order valence-corrected chi connectivity index (χ1v) is 6.43. The van der Waals surface area contributed by atoms with Crippen LogP contribution in [0.5, 0.6) is 0 Å². The van der Waals surface area contributed by atoms with Gasteiger partial charge in [0.2, 0.25) is 0 Å². The maximum absolute atomic E-state index is 11.9. The van der Waals surface area contributed by atoms with Gasteiger partial charge in [-0.25, -0.2) is 13.8 Å². The molecular formula is C13H19F2N3O2. The molecule has 0 bridgehead atoms. The summed E-state index contributed by atoms with van der Waals surface area (Å²) in [6, 6.07) is 3.16.